The molecule has 4 heteroatoms. The van der Waals surface area contributed by atoms with Crippen LogP contribution in [0.25, 0.3) is 0 Å². The zero-order valence-electron chi connectivity index (χ0n) is 10.2. The molecule has 1 aliphatic heterocycles. The molecule has 1 atom stereocenters. The molecule has 1 aromatic rings. The summed E-state index contributed by atoms with van der Waals surface area (Å²) in [6.45, 7) is 2.93. The first-order chi connectivity index (χ1) is 8.27. The van der Waals surface area contributed by atoms with Gasteiger partial charge in [0, 0.05) is 19.8 Å². The van der Waals surface area contributed by atoms with Gasteiger partial charge in [-0.3, -0.25) is 9.78 Å². The largest absolute Gasteiger partial charge is 0.340 e. The first kappa shape index (κ1) is 12.0. The molecule has 2 heterocycles. The van der Waals surface area contributed by atoms with Gasteiger partial charge in [-0.2, -0.15) is 0 Å². The van der Waals surface area contributed by atoms with Crippen LogP contribution in [0.15, 0.2) is 24.4 Å². The normalized spacial score (nSPS) is 19.9. The van der Waals surface area contributed by atoms with Crippen LogP contribution < -0.4 is 5.32 Å². The molecule has 2 rings (SSSR count). The van der Waals surface area contributed by atoms with Crippen LogP contribution in [0.3, 0.4) is 0 Å². The van der Waals surface area contributed by atoms with E-state index in [1.54, 1.807) is 17.2 Å². The Morgan fingerprint density at radius 2 is 2.47 bits per heavy atom. The summed E-state index contributed by atoms with van der Waals surface area (Å²) in [5, 5.41) is 3.37. The van der Waals surface area contributed by atoms with Crippen molar-refractivity contribution in [1.82, 2.24) is 15.2 Å². The van der Waals surface area contributed by atoms with E-state index in [2.05, 4.69) is 10.3 Å². The highest BCUT2D eigenvalue weighted by atomic mass is 16.2. The number of aromatic nitrogens is 1. The van der Waals surface area contributed by atoms with Crippen molar-refractivity contribution in [3.05, 3.63) is 30.1 Å². The Hall–Kier alpha value is -1.42. The van der Waals surface area contributed by atoms with Crippen LogP contribution in [0.1, 0.15) is 23.3 Å². The molecule has 0 saturated carbocycles. The average molecular weight is 233 g/mol. The topological polar surface area (TPSA) is 45.2 Å². The number of piperidine rings is 1. The number of carbonyl (C=O) groups is 1. The Morgan fingerprint density at radius 3 is 3.12 bits per heavy atom. The van der Waals surface area contributed by atoms with Gasteiger partial charge >= 0.3 is 0 Å². The highest BCUT2D eigenvalue weighted by Gasteiger charge is 2.19. The van der Waals surface area contributed by atoms with Crippen LogP contribution in [-0.2, 0) is 0 Å². The van der Waals surface area contributed by atoms with Gasteiger partial charge in [0.2, 0.25) is 0 Å². The van der Waals surface area contributed by atoms with Gasteiger partial charge in [0.15, 0.2) is 0 Å². The molecule has 1 unspecified atom stereocenters. The fraction of sp³-hybridized carbons (Fsp3) is 0.538. The molecule has 1 fully saturated rings. The van der Waals surface area contributed by atoms with Crippen molar-refractivity contribution in [2.45, 2.75) is 12.8 Å². The summed E-state index contributed by atoms with van der Waals surface area (Å²) in [5.41, 5.74) is 0.527. The predicted molar refractivity (Wildman–Crippen MR) is 66.8 cm³/mol. The van der Waals surface area contributed by atoms with Crippen LogP contribution >= 0.6 is 0 Å². The molecule has 1 amide bonds. The fourth-order valence-corrected chi connectivity index (χ4v) is 2.23. The molecule has 0 radical (unpaired) electrons. The van der Waals surface area contributed by atoms with Crippen molar-refractivity contribution in [1.29, 1.82) is 0 Å². The van der Waals surface area contributed by atoms with Gasteiger partial charge in [-0.1, -0.05) is 6.07 Å². The molecule has 1 aromatic heterocycles. The molecule has 17 heavy (non-hydrogen) atoms. The zero-order chi connectivity index (χ0) is 12.1. The minimum atomic E-state index is 0.0103. The van der Waals surface area contributed by atoms with E-state index < -0.39 is 0 Å². The van der Waals surface area contributed by atoms with Crippen LogP contribution in [-0.4, -0.2) is 42.5 Å². The summed E-state index contributed by atoms with van der Waals surface area (Å²) in [5.74, 6) is 0.581. The molecule has 1 aliphatic rings. The lowest BCUT2D eigenvalue weighted by molar-refractivity contribution is 0.0759. The Bertz CT molecular complexity index is 360. The van der Waals surface area contributed by atoms with Crippen LogP contribution in [0.4, 0.5) is 0 Å². The second kappa shape index (κ2) is 5.77. The summed E-state index contributed by atoms with van der Waals surface area (Å²) >= 11 is 0. The maximum atomic E-state index is 12.1. The van der Waals surface area contributed by atoms with Crippen molar-refractivity contribution in [3.63, 3.8) is 0 Å². The molecule has 1 N–H and O–H groups in total. The summed E-state index contributed by atoms with van der Waals surface area (Å²) in [7, 11) is 1.85. The Balaban J connectivity index is 1.91. The number of rotatable bonds is 3. The second-order valence-corrected chi connectivity index (χ2v) is 4.61. The van der Waals surface area contributed by atoms with E-state index in [0.717, 1.165) is 19.6 Å². The Kier molecular flexibility index (Phi) is 4.09. The minimum Gasteiger partial charge on any atom is -0.340 e. The first-order valence-corrected chi connectivity index (χ1v) is 6.14. The van der Waals surface area contributed by atoms with Crippen LogP contribution in [0.5, 0.6) is 0 Å². The molecule has 1 saturated heterocycles. The lowest BCUT2D eigenvalue weighted by atomic mass is 9.99. The number of hydrogen-bond donors (Lipinski definition) is 1. The van der Waals surface area contributed by atoms with E-state index in [1.807, 2.05) is 19.2 Å². The van der Waals surface area contributed by atoms with E-state index in [0.29, 0.717) is 11.6 Å². The molecule has 4 nitrogen and oxygen atoms in total. The van der Waals surface area contributed by atoms with E-state index in [-0.39, 0.29) is 5.91 Å². The number of nitrogens with zero attached hydrogens (tertiary/aromatic N) is 2. The highest BCUT2D eigenvalue weighted by Crippen LogP contribution is 2.12. The van der Waals surface area contributed by atoms with Crippen molar-refractivity contribution < 1.29 is 4.79 Å². The minimum absolute atomic E-state index is 0.0103. The summed E-state index contributed by atoms with van der Waals surface area (Å²) in [6.07, 6.45) is 4.06. The SMILES string of the molecule is CN(CC1CCCNC1)C(=O)c1ccccn1. The third-order valence-corrected chi connectivity index (χ3v) is 3.16. The highest BCUT2D eigenvalue weighted by molar-refractivity contribution is 5.92. The second-order valence-electron chi connectivity index (χ2n) is 4.61. The fourth-order valence-electron chi connectivity index (χ4n) is 2.23. The Labute approximate surface area is 102 Å². The molecule has 0 aliphatic carbocycles. The first-order valence-electron chi connectivity index (χ1n) is 6.14. The maximum Gasteiger partial charge on any atom is 0.272 e. The summed E-state index contributed by atoms with van der Waals surface area (Å²) in [4.78, 5) is 17.9. The molecule has 92 valence electrons. The van der Waals surface area contributed by atoms with Crippen molar-refractivity contribution in [2.24, 2.45) is 5.92 Å². The summed E-state index contributed by atoms with van der Waals surface area (Å²) < 4.78 is 0. The van der Waals surface area contributed by atoms with Crippen molar-refractivity contribution in [3.8, 4) is 0 Å². The van der Waals surface area contributed by atoms with Crippen molar-refractivity contribution in [2.75, 3.05) is 26.7 Å². The van der Waals surface area contributed by atoms with Crippen LogP contribution in [0, 0.1) is 5.92 Å². The predicted octanol–water partition coefficient (Wildman–Crippen LogP) is 1.15. The van der Waals surface area contributed by atoms with Gasteiger partial charge in [-0.15, -0.1) is 0 Å². The number of pyridine rings is 1. The molecule has 0 spiro atoms. The van der Waals surface area contributed by atoms with Gasteiger partial charge in [0.1, 0.15) is 5.69 Å². The average Bonchev–Trinajstić information content (AvgIpc) is 2.40. The summed E-state index contributed by atoms with van der Waals surface area (Å²) in [6, 6.07) is 5.43. The third kappa shape index (κ3) is 3.27. The molecule has 0 aromatic carbocycles. The van der Waals surface area contributed by atoms with E-state index in [4.69, 9.17) is 0 Å². The number of hydrogen-bond acceptors (Lipinski definition) is 3. The van der Waals surface area contributed by atoms with Gasteiger partial charge < -0.3 is 10.2 Å². The number of amides is 1. The molecular formula is C13H19N3O. The monoisotopic (exact) mass is 233 g/mol. The van der Waals surface area contributed by atoms with Gasteiger partial charge in [0.25, 0.3) is 5.91 Å². The molecular weight excluding hydrogens is 214 g/mol. The molecule has 0 bridgehead atoms. The van der Waals surface area contributed by atoms with E-state index in [9.17, 15) is 4.79 Å². The van der Waals surface area contributed by atoms with Crippen LogP contribution in [0.2, 0.25) is 0 Å². The van der Waals surface area contributed by atoms with Gasteiger partial charge in [-0.05, 0) is 44.0 Å². The quantitative estimate of drug-likeness (QED) is 0.852. The zero-order valence-corrected chi connectivity index (χ0v) is 10.2. The number of carbonyl (C=O) groups excluding carboxylic acids is 1. The Morgan fingerprint density at radius 1 is 1.59 bits per heavy atom. The maximum absolute atomic E-state index is 12.1. The standard InChI is InChI=1S/C13H19N3O/c1-16(10-11-5-4-7-14-9-11)13(17)12-6-2-3-8-15-12/h2-3,6,8,11,14H,4-5,7,9-10H2,1H3. The lowest BCUT2D eigenvalue weighted by Crippen LogP contribution is -2.39. The van der Waals surface area contributed by atoms with Gasteiger partial charge in [-0.25, -0.2) is 0 Å². The lowest BCUT2D eigenvalue weighted by Gasteiger charge is -2.27. The third-order valence-electron chi connectivity index (χ3n) is 3.16. The van der Waals surface area contributed by atoms with Gasteiger partial charge in [0.05, 0.1) is 0 Å². The number of nitrogens with one attached hydrogen (secondary N) is 1. The smallest absolute Gasteiger partial charge is 0.272 e. The van der Waals surface area contributed by atoms with E-state index >= 15 is 0 Å². The van der Waals surface area contributed by atoms with Crippen molar-refractivity contribution >= 4 is 5.91 Å². The van der Waals surface area contributed by atoms with E-state index in [1.165, 1.54) is 12.8 Å².